The second kappa shape index (κ2) is 16.4. The molecule has 9 rings (SSSR count). The summed E-state index contributed by atoms with van der Waals surface area (Å²) in [7, 11) is -1.36. The Labute approximate surface area is 332 Å². The molecule has 0 atom stereocenters. The van der Waals surface area contributed by atoms with Crippen molar-refractivity contribution in [1.29, 1.82) is 0 Å². The monoisotopic (exact) mass is 901 g/mol. The molecule has 1 saturated carbocycles. The largest absolute Gasteiger partial charge is 0.305 e. The summed E-state index contributed by atoms with van der Waals surface area (Å²) in [6.07, 6.45) is 12.4. The second-order valence-electron chi connectivity index (χ2n) is 15.1. The van der Waals surface area contributed by atoms with Crippen molar-refractivity contribution in [1.82, 2.24) is 9.97 Å². The van der Waals surface area contributed by atoms with Crippen LogP contribution in [-0.4, -0.2) is 18.0 Å². The van der Waals surface area contributed by atoms with Crippen LogP contribution in [0.2, 0.25) is 19.6 Å². The van der Waals surface area contributed by atoms with Gasteiger partial charge in [-0.25, -0.2) is 0 Å². The Balaban J connectivity index is 0.000000166. The van der Waals surface area contributed by atoms with Crippen LogP contribution in [0.25, 0.3) is 64.6 Å². The summed E-state index contributed by atoms with van der Waals surface area (Å²) in [6, 6.07) is 49.5. The first-order valence-corrected chi connectivity index (χ1v) is 23.0. The molecule has 0 N–H and O–H groups in total. The van der Waals surface area contributed by atoms with Gasteiger partial charge in [-0.05, 0) is 67.0 Å². The van der Waals surface area contributed by atoms with Crippen LogP contribution in [0.3, 0.4) is 0 Å². The van der Waals surface area contributed by atoms with Crippen molar-refractivity contribution in [3.05, 3.63) is 151 Å². The minimum atomic E-state index is -1.36. The number of thiophene rings is 1. The fourth-order valence-corrected chi connectivity index (χ4v) is 10.5. The molecule has 1 aliphatic rings. The summed E-state index contributed by atoms with van der Waals surface area (Å²) in [5.74, 6) is 0.869. The quantitative estimate of drug-likeness (QED) is 0.123. The Morgan fingerprint density at radius 1 is 0.698 bits per heavy atom. The minimum absolute atomic E-state index is 0. The van der Waals surface area contributed by atoms with Gasteiger partial charge >= 0.3 is 0 Å². The van der Waals surface area contributed by atoms with E-state index in [1.165, 1.54) is 75.2 Å². The molecule has 8 aromatic rings. The predicted molar refractivity (Wildman–Crippen MR) is 226 cm³/mol. The van der Waals surface area contributed by atoms with Crippen molar-refractivity contribution in [3.63, 3.8) is 0 Å². The Bertz CT molecular complexity index is 2460. The van der Waals surface area contributed by atoms with Crippen molar-refractivity contribution in [2.45, 2.75) is 58.2 Å². The van der Waals surface area contributed by atoms with E-state index in [0.29, 0.717) is 0 Å². The molecule has 267 valence electrons. The number of fused-ring (bicyclic) bond motifs is 4. The van der Waals surface area contributed by atoms with Crippen molar-refractivity contribution in [3.8, 4) is 33.6 Å². The Kier molecular flexibility index (Phi) is 11.5. The summed E-state index contributed by atoms with van der Waals surface area (Å²) >= 11 is 1.80. The molecule has 0 unspecified atom stereocenters. The van der Waals surface area contributed by atoms with Crippen LogP contribution in [0.5, 0.6) is 0 Å². The maximum atomic E-state index is 4.77. The first-order valence-electron chi connectivity index (χ1n) is 18.7. The van der Waals surface area contributed by atoms with Gasteiger partial charge in [0.25, 0.3) is 0 Å². The van der Waals surface area contributed by atoms with Crippen LogP contribution in [0.1, 0.15) is 37.7 Å². The smallest absolute Gasteiger partial charge is 0.0798 e. The minimum Gasteiger partial charge on any atom is -0.305 e. The van der Waals surface area contributed by atoms with E-state index in [1.807, 2.05) is 24.4 Å². The van der Waals surface area contributed by atoms with E-state index < -0.39 is 8.07 Å². The molecule has 0 spiro atoms. The molecule has 1 radical (unpaired) electrons. The number of hydrogen-bond acceptors (Lipinski definition) is 3. The van der Waals surface area contributed by atoms with Gasteiger partial charge in [0.15, 0.2) is 0 Å². The van der Waals surface area contributed by atoms with Gasteiger partial charge < -0.3 is 9.97 Å². The third kappa shape index (κ3) is 8.30. The fourth-order valence-electron chi connectivity index (χ4n) is 7.74. The van der Waals surface area contributed by atoms with Crippen molar-refractivity contribution < 1.29 is 20.1 Å². The fraction of sp³-hybridized carbons (Fsp3) is 0.208. The zero-order valence-electron chi connectivity index (χ0n) is 30.7. The summed E-state index contributed by atoms with van der Waals surface area (Å²) in [4.78, 5) is 9.45. The maximum Gasteiger partial charge on any atom is 0.0798 e. The van der Waals surface area contributed by atoms with Gasteiger partial charge in [0, 0.05) is 37.2 Å². The van der Waals surface area contributed by atoms with Crippen LogP contribution in [0.15, 0.2) is 134 Å². The van der Waals surface area contributed by atoms with E-state index in [-0.39, 0.29) is 20.1 Å². The number of nitrogens with zero attached hydrogens (tertiary/aromatic N) is 2. The normalized spacial score (nSPS) is 13.4. The van der Waals surface area contributed by atoms with E-state index >= 15 is 0 Å². The Morgan fingerprint density at radius 3 is 2.21 bits per heavy atom. The van der Waals surface area contributed by atoms with E-state index in [9.17, 15) is 0 Å². The summed E-state index contributed by atoms with van der Waals surface area (Å²) < 4.78 is 2.47. The number of pyridine rings is 2. The summed E-state index contributed by atoms with van der Waals surface area (Å²) in [5.41, 5.74) is 8.27. The standard InChI is InChI=1S/C27H16NS.C21H28NSi.Ir/c1-2-7-18(8-3-1)22-11-6-12-25-27(22)23-14-13-20(16-26(23)29-25)24-15-19-9-4-5-10-21(19)17-28-24;1-23(2,3)21-16-22-20(18-12-8-5-9-13-18)15-19(21)14-17-10-6-4-7-11-17;/h1-15,17H;5,8-9,12,15-17H,4,6-7,10-11,14H2,1-3H3;/q2*-1;. The molecule has 1 fully saturated rings. The Morgan fingerprint density at radius 2 is 1.43 bits per heavy atom. The van der Waals surface area contributed by atoms with Gasteiger partial charge in [-0.15, -0.1) is 59.7 Å². The number of benzene rings is 5. The third-order valence-electron chi connectivity index (χ3n) is 10.4. The first-order chi connectivity index (χ1) is 25.4. The number of hydrogen-bond donors (Lipinski definition) is 0. The van der Waals surface area contributed by atoms with Crippen molar-refractivity contribution >= 4 is 55.5 Å². The van der Waals surface area contributed by atoms with Crippen LogP contribution in [0, 0.1) is 18.1 Å². The molecule has 0 aliphatic heterocycles. The van der Waals surface area contributed by atoms with Crippen LogP contribution >= 0.6 is 11.3 Å². The van der Waals surface area contributed by atoms with Gasteiger partial charge in [0.1, 0.15) is 0 Å². The van der Waals surface area contributed by atoms with Gasteiger partial charge in [0.05, 0.1) is 8.07 Å². The van der Waals surface area contributed by atoms with E-state index in [1.54, 1.807) is 22.1 Å². The second-order valence-corrected chi connectivity index (χ2v) is 21.2. The molecule has 1 aliphatic carbocycles. The molecule has 5 heteroatoms. The maximum absolute atomic E-state index is 4.77. The molecule has 3 heterocycles. The topological polar surface area (TPSA) is 25.8 Å². The molecule has 2 nitrogen and oxygen atoms in total. The third-order valence-corrected chi connectivity index (χ3v) is 13.6. The zero-order chi connectivity index (χ0) is 35.5. The van der Waals surface area contributed by atoms with Crippen LogP contribution in [-0.2, 0) is 26.5 Å². The molecule has 3 aromatic heterocycles. The van der Waals surface area contributed by atoms with Crippen molar-refractivity contribution in [2.75, 3.05) is 0 Å². The summed E-state index contributed by atoms with van der Waals surface area (Å²) in [6.45, 7) is 7.30. The number of aromatic nitrogens is 2. The molecule has 0 amide bonds. The Hall–Kier alpha value is -4.25. The molecule has 0 bridgehead atoms. The number of rotatable bonds is 6. The average Bonchev–Trinajstić information content (AvgIpc) is 3.57. The first kappa shape index (κ1) is 37.1. The van der Waals surface area contributed by atoms with Crippen LogP contribution < -0.4 is 5.19 Å². The SMILES string of the molecule is C[Si](C)(C)c1cnc(-c2[c-]cccc2)cc1CC1CCCCC1.[Ir].[c-]1c(-c2cc3ccccc3cn2)ccc2c1sc1cccc(-c3ccccc3)c12. The zero-order valence-corrected chi connectivity index (χ0v) is 34.9. The van der Waals surface area contributed by atoms with E-state index in [4.69, 9.17) is 4.98 Å². The van der Waals surface area contributed by atoms with Gasteiger partial charge in [0.2, 0.25) is 0 Å². The molecule has 0 saturated heterocycles. The predicted octanol–water partition coefficient (Wildman–Crippen LogP) is 13.0. The van der Waals surface area contributed by atoms with Gasteiger partial charge in [-0.1, -0.05) is 142 Å². The molecule has 5 aromatic carbocycles. The average molecular weight is 901 g/mol. The van der Waals surface area contributed by atoms with E-state index in [2.05, 4.69) is 146 Å². The van der Waals surface area contributed by atoms with Gasteiger partial charge in [-0.2, -0.15) is 11.3 Å². The van der Waals surface area contributed by atoms with Crippen LogP contribution in [0.4, 0.5) is 0 Å². The summed E-state index contributed by atoms with van der Waals surface area (Å²) in [5, 5.41) is 6.48. The van der Waals surface area contributed by atoms with Gasteiger partial charge in [-0.3, -0.25) is 0 Å². The molecule has 53 heavy (non-hydrogen) atoms. The van der Waals surface area contributed by atoms with Crippen molar-refractivity contribution in [2.24, 2.45) is 5.92 Å². The van der Waals surface area contributed by atoms with E-state index in [0.717, 1.165) is 33.8 Å². The molecular weight excluding hydrogens is 857 g/mol. The molecular formula is C48H44IrN2SSi-2.